The summed E-state index contributed by atoms with van der Waals surface area (Å²) in [6, 6.07) is 15.3. The lowest BCUT2D eigenvalue weighted by atomic mass is 10.2. The Morgan fingerprint density at radius 2 is 1.68 bits per heavy atom. The molecule has 7 heteroatoms. The summed E-state index contributed by atoms with van der Waals surface area (Å²) in [6.07, 6.45) is 0. The van der Waals surface area contributed by atoms with Gasteiger partial charge in [0.05, 0.1) is 4.90 Å². The molecule has 0 fully saturated rings. The molecule has 1 aromatic heterocycles. The number of hydrogen-bond donors (Lipinski definition) is 0. The van der Waals surface area contributed by atoms with Crippen molar-refractivity contribution >= 4 is 33.2 Å². The molecule has 0 amide bonds. The van der Waals surface area contributed by atoms with E-state index >= 15 is 0 Å². The highest BCUT2D eigenvalue weighted by atomic mass is 35.5. The molecule has 2 aromatic carbocycles. The molecule has 0 saturated heterocycles. The summed E-state index contributed by atoms with van der Waals surface area (Å²) in [6.45, 7) is 3.93. The number of sulfone groups is 1. The zero-order valence-corrected chi connectivity index (χ0v) is 16.0. The number of rotatable bonds is 5. The topological polar surface area (TPSA) is 60.2 Å². The van der Waals surface area contributed by atoms with E-state index in [9.17, 15) is 8.42 Å². The maximum absolute atomic E-state index is 13.0. The van der Waals surface area contributed by atoms with Crippen molar-refractivity contribution in [2.45, 2.75) is 34.1 Å². The first-order valence-electron chi connectivity index (χ1n) is 7.61. The highest BCUT2D eigenvalue weighted by Crippen LogP contribution is 2.36. The Morgan fingerprint density at radius 3 is 2.28 bits per heavy atom. The highest BCUT2D eigenvalue weighted by Gasteiger charge is 2.29. The van der Waals surface area contributed by atoms with Gasteiger partial charge < -0.3 is 4.42 Å². The van der Waals surface area contributed by atoms with Gasteiger partial charge in [-0.05, 0) is 36.4 Å². The zero-order valence-electron chi connectivity index (χ0n) is 13.6. The lowest BCUT2D eigenvalue weighted by Gasteiger charge is -2.05. The van der Waals surface area contributed by atoms with Crippen LogP contribution in [0.25, 0.3) is 11.5 Å². The van der Waals surface area contributed by atoms with Crippen LogP contribution in [0.4, 0.5) is 0 Å². The minimum absolute atomic E-state index is 0.0626. The Balaban J connectivity index is 2.13. The maximum Gasteiger partial charge on any atom is 0.228 e. The van der Waals surface area contributed by atoms with Crippen molar-refractivity contribution < 1.29 is 12.8 Å². The molecule has 0 radical (unpaired) electrons. The fraction of sp³-hybridized carbons (Fsp3) is 0.167. The maximum atomic E-state index is 13.0. The van der Waals surface area contributed by atoms with E-state index in [-0.39, 0.29) is 21.1 Å². The lowest BCUT2D eigenvalue weighted by molar-refractivity contribution is 0.469. The largest absolute Gasteiger partial charge is 0.428 e. The van der Waals surface area contributed by atoms with Crippen molar-refractivity contribution in [3.63, 3.8) is 0 Å². The Labute approximate surface area is 156 Å². The molecule has 3 aromatic rings. The third-order valence-corrected chi connectivity index (χ3v) is 6.33. The van der Waals surface area contributed by atoms with Crippen LogP contribution in [-0.2, 0) is 9.84 Å². The van der Waals surface area contributed by atoms with Crippen molar-refractivity contribution in [3.05, 3.63) is 59.6 Å². The normalized spacial score (nSPS) is 11.8. The molecular formula is C18H16ClNO3S2. The molecule has 25 heavy (non-hydrogen) atoms. The van der Waals surface area contributed by atoms with Gasteiger partial charge in [-0.2, -0.15) is 4.98 Å². The van der Waals surface area contributed by atoms with Crippen molar-refractivity contribution in [2.24, 2.45) is 0 Å². The molecule has 3 rings (SSSR count). The predicted octanol–water partition coefficient (Wildman–Crippen LogP) is 5.33. The van der Waals surface area contributed by atoms with Crippen molar-refractivity contribution in [1.82, 2.24) is 4.98 Å². The Bertz CT molecular complexity index is 965. The molecule has 1 heterocycles. The number of benzene rings is 2. The summed E-state index contributed by atoms with van der Waals surface area (Å²) in [7, 11) is -3.80. The van der Waals surface area contributed by atoms with Gasteiger partial charge in [0.15, 0.2) is 0 Å². The number of thioether (sulfide) groups is 1. The summed E-state index contributed by atoms with van der Waals surface area (Å²) >= 11 is 7.19. The van der Waals surface area contributed by atoms with E-state index in [0.717, 1.165) is 5.56 Å². The molecule has 0 spiro atoms. The van der Waals surface area contributed by atoms with E-state index in [4.69, 9.17) is 16.0 Å². The van der Waals surface area contributed by atoms with Gasteiger partial charge in [-0.25, -0.2) is 8.42 Å². The smallest absolute Gasteiger partial charge is 0.228 e. The van der Waals surface area contributed by atoms with E-state index in [0.29, 0.717) is 10.1 Å². The van der Waals surface area contributed by atoms with Crippen LogP contribution >= 0.6 is 23.4 Å². The highest BCUT2D eigenvalue weighted by molar-refractivity contribution is 8.00. The van der Waals surface area contributed by atoms with Gasteiger partial charge in [0.2, 0.25) is 25.8 Å². The van der Waals surface area contributed by atoms with Gasteiger partial charge in [-0.1, -0.05) is 55.4 Å². The minimum Gasteiger partial charge on any atom is -0.428 e. The van der Waals surface area contributed by atoms with Gasteiger partial charge in [0, 0.05) is 15.8 Å². The summed E-state index contributed by atoms with van der Waals surface area (Å²) in [5, 5.41) is 0.854. The molecule has 0 saturated carbocycles. The predicted molar refractivity (Wildman–Crippen MR) is 99.8 cm³/mol. The quantitative estimate of drug-likeness (QED) is 0.548. The molecule has 0 unspecified atom stereocenters. The molecule has 0 aliphatic heterocycles. The van der Waals surface area contributed by atoms with Crippen molar-refractivity contribution in [3.8, 4) is 11.5 Å². The Kier molecular flexibility index (Phi) is 5.22. The molecule has 0 atom stereocenters. The van der Waals surface area contributed by atoms with Gasteiger partial charge in [0.25, 0.3) is 0 Å². The first-order valence-corrected chi connectivity index (χ1v) is 10.4. The number of hydrogen-bond acceptors (Lipinski definition) is 5. The second-order valence-corrected chi connectivity index (χ2v) is 9.45. The van der Waals surface area contributed by atoms with Crippen LogP contribution in [0, 0.1) is 0 Å². The average Bonchev–Trinajstić information content (AvgIpc) is 3.00. The molecular weight excluding hydrogens is 378 g/mol. The van der Waals surface area contributed by atoms with Crippen LogP contribution in [-0.4, -0.2) is 18.7 Å². The molecule has 4 nitrogen and oxygen atoms in total. The van der Waals surface area contributed by atoms with Crippen LogP contribution < -0.4 is 0 Å². The standard InChI is InChI=1S/C18H16ClNO3S2/c1-12(2)24-18-17(20-16(23-18)13-6-4-3-5-7-13)25(21,22)15-10-8-14(19)9-11-15/h3-12H,1-2H3. The first-order chi connectivity index (χ1) is 11.9. The van der Waals surface area contributed by atoms with Gasteiger partial charge in [0.1, 0.15) is 0 Å². The third kappa shape index (κ3) is 3.92. The van der Waals surface area contributed by atoms with Gasteiger partial charge in [-0.3, -0.25) is 0 Å². The number of aromatic nitrogens is 1. The monoisotopic (exact) mass is 393 g/mol. The van der Waals surface area contributed by atoms with Crippen LogP contribution in [0.3, 0.4) is 0 Å². The fourth-order valence-corrected chi connectivity index (χ4v) is 4.66. The number of halogens is 1. The van der Waals surface area contributed by atoms with E-state index in [1.165, 1.54) is 23.9 Å². The third-order valence-electron chi connectivity index (χ3n) is 3.31. The van der Waals surface area contributed by atoms with E-state index in [1.807, 2.05) is 44.2 Å². The zero-order chi connectivity index (χ0) is 18.0. The minimum atomic E-state index is -3.80. The number of nitrogens with zero attached hydrogens (tertiary/aromatic N) is 1. The summed E-state index contributed by atoms with van der Waals surface area (Å²) < 4.78 is 31.8. The van der Waals surface area contributed by atoms with E-state index < -0.39 is 9.84 Å². The lowest BCUT2D eigenvalue weighted by Crippen LogP contribution is -2.04. The van der Waals surface area contributed by atoms with Gasteiger partial charge >= 0.3 is 0 Å². The van der Waals surface area contributed by atoms with Crippen LogP contribution in [0.5, 0.6) is 0 Å². The Hall–Kier alpha value is -1.76. The molecule has 130 valence electrons. The summed E-state index contributed by atoms with van der Waals surface area (Å²) in [5.41, 5.74) is 0.727. The first kappa shape index (κ1) is 18.0. The molecule has 0 N–H and O–H groups in total. The Morgan fingerprint density at radius 1 is 1.04 bits per heavy atom. The molecule has 0 aliphatic carbocycles. The summed E-state index contributed by atoms with van der Waals surface area (Å²) in [5.74, 6) is 0.288. The summed E-state index contributed by atoms with van der Waals surface area (Å²) in [4.78, 5) is 4.43. The van der Waals surface area contributed by atoms with Crippen molar-refractivity contribution in [2.75, 3.05) is 0 Å². The van der Waals surface area contributed by atoms with Crippen LogP contribution in [0.1, 0.15) is 13.8 Å². The van der Waals surface area contributed by atoms with Crippen LogP contribution in [0.2, 0.25) is 5.02 Å². The molecule has 0 bridgehead atoms. The number of oxazole rings is 1. The van der Waals surface area contributed by atoms with Gasteiger partial charge in [-0.15, -0.1) is 0 Å². The van der Waals surface area contributed by atoms with E-state index in [1.54, 1.807) is 12.1 Å². The second-order valence-electron chi connectivity index (χ2n) is 5.60. The van der Waals surface area contributed by atoms with Crippen molar-refractivity contribution in [1.29, 1.82) is 0 Å². The molecule has 0 aliphatic rings. The average molecular weight is 394 g/mol. The SMILES string of the molecule is CC(C)Sc1oc(-c2ccccc2)nc1S(=O)(=O)c1ccc(Cl)cc1. The van der Waals surface area contributed by atoms with Crippen LogP contribution in [0.15, 0.2) is 74.0 Å². The second kappa shape index (κ2) is 7.23. The van der Waals surface area contributed by atoms with E-state index in [2.05, 4.69) is 4.98 Å². The fourth-order valence-electron chi connectivity index (χ4n) is 2.18.